The van der Waals surface area contributed by atoms with E-state index in [9.17, 15) is 0 Å². The van der Waals surface area contributed by atoms with Crippen molar-refractivity contribution in [1.29, 1.82) is 0 Å². The van der Waals surface area contributed by atoms with Gasteiger partial charge in [-0.3, -0.25) is 0 Å². The third-order valence-electron chi connectivity index (χ3n) is 10.9. The molecule has 4 fully saturated rings. The average molecular weight is 565 g/mol. The molecule has 224 valence electrons. The van der Waals surface area contributed by atoms with Gasteiger partial charge in [0, 0.05) is 0 Å². The maximum absolute atomic E-state index is 2.47. The molecule has 2 heteroatoms. The molecule has 0 bridgehead atoms. The minimum Gasteiger partial charge on any atom is -0.119 e. The largest absolute Gasteiger partial charge is 0.119 e. The van der Waals surface area contributed by atoms with E-state index in [-0.39, 0.29) is 0 Å². The lowest BCUT2D eigenvalue weighted by molar-refractivity contribution is 0.312. The maximum Gasteiger partial charge on any atom is -0.0180 e. The van der Waals surface area contributed by atoms with Gasteiger partial charge < -0.3 is 0 Å². The molecule has 0 nitrogen and oxygen atoms in total. The first kappa shape index (κ1) is 33.4. The highest BCUT2D eigenvalue weighted by molar-refractivity contribution is 7.39. The lowest BCUT2D eigenvalue weighted by Crippen LogP contribution is -2.26. The number of rotatable bonds is 3. The Bertz CT molecular complexity index is 481. The van der Waals surface area contributed by atoms with Gasteiger partial charge in [0.1, 0.15) is 0 Å². The topological polar surface area (TPSA) is 0 Å². The zero-order valence-corrected chi connectivity index (χ0v) is 28.1. The Kier molecular flexibility index (Phi) is 19.7. The van der Waals surface area contributed by atoms with Gasteiger partial charge in [-0.2, -0.15) is 0 Å². The lowest BCUT2D eigenvalue weighted by Gasteiger charge is -2.33. The van der Waals surface area contributed by atoms with E-state index >= 15 is 0 Å². The van der Waals surface area contributed by atoms with E-state index in [4.69, 9.17) is 0 Å². The molecule has 2 saturated carbocycles. The molecule has 2 heterocycles. The molecule has 0 aromatic carbocycles. The minimum atomic E-state index is 1.07. The fourth-order valence-corrected chi connectivity index (χ4v) is 12.5. The molecular formula is C36H70P2. The second-order valence-electron chi connectivity index (χ2n) is 13.9. The van der Waals surface area contributed by atoms with Crippen LogP contribution in [-0.2, 0) is 0 Å². The van der Waals surface area contributed by atoms with Crippen LogP contribution in [0.4, 0.5) is 0 Å². The molecule has 2 aliphatic heterocycles. The van der Waals surface area contributed by atoms with Gasteiger partial charge in [0.05, 0.1) is 0 Å². The van der Waals surface area contributed by atoms with Crippen LogP contribution in [0.3, 0.4) is 0 Å². The van der Waals surface area contributed by atoms with E-state index in [1.54, 1.807) is 50.8 Å². The predicted molar refractivity (Wildman–Crippen MR) is 179 cm³/mol. The van der Waals surface area contributed by atoms with Crippen molar-refractivity contribution in [1.82, 2.24) is 0 Å². The van der Waals surface area contributed by atoms with E-state index in [0.29, 0.717) is 0 Å². The fraction of sp³-hybridized carbons (Fsp3) is 1.00. The molecule has 5 unspecified atom stereocenters. The van der Waals surface area contributed by atoms with Crippen molar-refractivity contribution in [3.8, 4) is 0 Å². The zero-order valence-electron chi connectivity index (χ0n) is 26.1. The van der Waals surface area contributed by atoms with Crippen molar-refractivity contribution < 1.29 is 0 Å². The van der Waals surface area contributed by atoms with Gasteiger partial charge in [-0.25, -0.2) is 0 Å². The normalized spacial score (nSPS) is 32.6. The lowest BCUT2D eigenvalue weighted by atomic mass is 9.83. The third kappa shape index (κ3) is 14.2. The SMILES string of the molecule is C1CCCCC(C2CCCCCCCP2)CCC1.CCC1CCCCCCPC1C1CCCCCCCC1. The molecule has 5 atom stereocenters. The van der Waals surface area contributed by atoms with Crippen LogP contribution in [0, 0.1) is 17.8 Å². The average Bonchev–Trinajstić information content (AvgIpc) is 3.29. The van der Waals surface area contributed by atoms with Crippen LogP contribution in [-0.4, -0.2) is 23.6 Å². The van der Waals surface area contributed by atoms with E-state index in [1.165, 1.54) is 158 Å². The second-order valence-corrected chi connectivity index (χ2v) is 17.1. The summed E-state index contributed by atoms with van der Waals surface area (Å²) in [4.78, 5) is 0. The van der Waals surface area contributed by atoms with Gasteiger partial charge >= 0.3 is 0 Å². The van der Waals surface area contributed by atoms with E-state index in [0.717, 1.165) is 29.1 Å². The van der Waals surface area contributed by atoms with Gasteiger partial charge in [0.2, 0.25) is 0 Å². The highest BCUT2D eigenvalue weighted by Crippen LogP contribution is 2.43. The molecule has 0 radical (unpaired) electrons. The van der Waals surface area contributed by atoms with Crippen molar-refractivity contribution in [3.05, 3.63) is 0 Å². The van der Waals surface area contributed by atoms with Gasteiger partial charge in [-0.05, 0) is 92.8 Å². The first-order chi connectivity index (χ1) is 18.9. The Morgan fingerprint density at radius 1 is 0.395 bits per heavy atom. The summed E-state index contributed by atoms with van der Waals surface area (Å²) in [6, 6.07) is 0. The Balaban J connectivity index is 0.000000212. The van der Waals surface area contributed by atoms with Crippen molar-refractivity contribution >= 4 is 17.2 Å². The molecule has 0 aromatic heterocycles. The molecule has 38 heavy (non-hydrogen) atoms. The van der Waals surface area contributed by atoms with Crippen molar-refractivity contribution in [2.75, 3.05) is 12.3 Å². The molecule has 0 aromatic rings. The van der Waals surface area contributed by atoms with Crippen molar-refractivity contribution in [2.45, 2.75) is 198 Å². The van der Waals surface area contributed by atoms with Crippen LogP contribution in [0.25, 0.3) is 0 Å². The van der Waals surface area contributed by atoms with Crippen LogP contribution in [0.1, 0.15) is 187 Å². The first-order valence-corrected chi connectivity index (χ1v) is 20.9. The van der Waals surface area contributed by atoms with Crippen LogP contribution in [0.15, 0.2) is 0 Å². The molecule has 2 aliphatic carbocycles. The Hall–Kier alpha value is 0.860. The zero-order chi connectivity index (χ0) is 26.5. The summed E-state index contributed by atoms with van der Waals surface area (Å²) >= 11 is 0. The molecule has 0 spiro atoms. The predicted octanol–water partition coefficient (Wildman–Crippen LogP) is 12.9. The van der Waals surface area contributed by atoms with E-state index in [2.05, 4.69) is 6.92 Å². The van der Waals surface area contributed by atoms with E-state index < -0.39 is 0 Å². The van der Waals surface area contributed by atoms with Crippen LogP contribution < -0.4 is 0 Å². The summed E-state index contributed by atoms with van der Waals surface area (Å²) in [7, 11) is 2.59. The van der Waals surface area contributed by atoms with Gasteiger partial charge in [-0.15, -0.1) is 17.2 Å². The molecule has 0 N–H and O–H groups in total. The Morgan fingerprint density at radius 2 is 0.789 bits per heavy atom. The Labute approximate surface area is 244 Å². The number of hydrogen-bond acceptors (Lipinski definition) is 0. The summed E-state index contributed by atoms with van der Waals surface area (Å²) in [5, 5.41) is 0. The summed E-state index contributed by atoms with van der Waals surface area (Å²) in [5.41, 5.74) is 2.23. The van der Waals surface area contributed by atoms with Gasteiger partial charge in [-0.1, -0.05) is 135 Å². The first-order valence-electron chi connectivity index (χ1n) is 18.3. The van der Waals surface area contributed by atoms with Gasteiger partial charge in [0.15, 0.2) is 0 Å². The second kappa shape index (κ2) is 22.5. The summed E-state index contributed by atoms with van der Waals surface area (Å²) < 4.78 is 0. The van der Waals surface area contributed by atoms with Gasteiger partial charge in [0.25, 0.3) is 0 Å². The monoisotopic (exact) mass is 564 g/mol. The molecular weight excluding hydrogens is 494 g/mol. The molecule has 2 saturated heterocycles. The summed E-state index contributed by atoms with van der Waals surface area (Å²) in [6.45, 7) is 2.47. The highest BCUT2D eigenvalue weighted by Gasteiger charge is 2.28. The molecule has 4 rings (SSSR count). The van der Waals surface area contributed by atoms with Crippen LogP contribution in [0.5, 0.6) is 0 Å². The summed E-state index contributed by atoms with van der Waals surface area (Å²) in [5.74, 6) is 3.27. The summed E-state index contributed by atoms with van der Waals surface area (Å²) in [6.07, 6.45) is 45.9. The Morgan fingerprint density at radius 3 is 1.32 bits per heavy atom. The highest BCUT2D eigenvalue weighted by atomic mass is 31.1. The van der Waals surface area contributed by atoms with Crippen LogP contribution in [0.2, 0.25) is 0 Å². The van der Waals surface area contributed by atoms with Crippen LogP contribution >= 0.6 is 17.2 Å². The standard InChI is InChI=1S/C19H37P.C17H33P/c1-2-17-13-9-7-8-12-16-20-19(17)18-14-10-5-3-4-6-11-15-18;1-2-5-9-13-16(12-8-4-1)17-14-10-6-3-7-11-15-18-17/h17-20H,2-16H2,1H3;16-18H,1-15H2. The van der Waals surface area contributed by atoms with Crippen molar-refractivity contribution in [2.24, 2.45) is 17.8 Å². The quantitative estimate of drug-likeness (QED) is 0.299. The van der Waals surface area contributed by atoms with Crippen molar-refractivity contribution in [3.63, 3.8) is 0 Å². The third-order valence-corrected chi connectivity index (χ3v) is 14.9. The fourth-order valence-electron chi connectivity index (χ4n) is 8.41. The minimum absolute atomic E-state index is 1.07. The molecule has 0 amide bonds. The maximum atomic E-state index is 2.47. The molecule has 4 aliphatic rings. The smallest absolute Gasteiger partial charge is 0.0180 e. The number of hydrogen-bond donors (Lipinski definition) is 0. The van der Waals surface area contributed by atoms with E-state index in [1.807, 2.05) is 0 Å².